The number of esters is 2. The monoisotopic (exact) mass is 500 g/mol. The molecule has 9 heteroatoms. The summed E-state index contributed by atoms with van der Waals surface area (Å²) >= 11 is 3.04. The van der Waals surface area contributed by atoms with E-state index in [0.717, 1.165) is 51.3 Å². The average Bonchev–Trinajstić information content (AvgIpc) is 3.39. The van der Waals surface area contributed by atoms with Crippen LogP contribution in [-0.4, -0.2) is 35.5 Å². The molecule has 0 saturated heterocycles. The van der Waals surface area contributed by atoms with Crippen LogP contribution in [0.3, 0.4) is 0 Å². The van der Waals surface area contributed by atoms with Crippen LogP contribution in [0, 0.1) is 0 Å². The first-order valence-corrected chi connectivity index (χ1v) is 13.3. The predicted octanol–water partition coefficient (Wildman–Crippen LogP) is 5.31. The van der Waals surface area contributed by atoms with Gasteiger partial charge in [0.25, 0.3) is 5.91 Å². The first-order chi connectivity index (χ1) is 16.5. The second-order valence-corrected chi connectivity index (χ2v) is 10.4. The van der Waals surface area contributed by atoms with Crippen LogP contribution in [-0.2, 0) is 38.3 Å². The summed E-state index contributed by atoms with van der Waals surface area (Å²) in [6.07, 6.45) is 4.27. The van der Waals surface area contributed by atoms with Crippen molar-refractivity contribution in [1.82, 2.24) is 4.98 Å². The summed E-state index contributed by atoms with van der Waals surface area (Å²) in [5, 5.41) is 4.26. The summed E-state index contributed by atoms with van der Waals surface area (Å²) in [7, 11) is 0. The number of amides is 1. The maximum absolute atomic E-state index is 12.7. The van der Waals surface area contributed by atoms with Gasteiger partial charge >= 0.3 is 11.9 Å². The quantitative estimate of drug-likeness (QED) is 0.400. The molecule has 1 amide bonds. The lowest BCUT2D eigenvalue weighted by atomic mass is 9.95. The van der Waals surface area contributed by atoms with Crippen molar-refractivity contribution in [1.29, 1.82) is 0 Å². The number of aromatic nitrogens is 1. The molecule has 7 nitrogen and oxygen atoms in total. The van der Waals surface area contributed by atoms with Gasteiger partial charge in [-0.2, -0.15) is 0 Å². The van der Waals surface area contributed by atoms with Gasteiger partial charge in [-0.25, -0.2) is 9.78 Å². The van der Waals surface area contributed by atoms with E-state index in [4.69, 9.17) is 9.47 Å². The number of carbonyl (C=O) groups is 3. The number of fused-ring (bicyclic) bond motifs is 2. The van der Waals surface area contributed by atoms with Gasteiger partial charge in [0, 0.05) is 11.3 Å². The molecule has 180 valence electrons. The van der Waals surface area contributed by atoms with Crippen molar-refractivity contribution in [3.63, 3.8) is 0 Å². The van der Waals surface area contributed by atoms with Gasteiger partial charge < -0.3 is 14.8 Å². The van der Waals surface area contributed by atoms with E-state index in [1.54, 1.807) is 25.2 Å². The maximum Gasteiger partial charge on any atom is 0.341 e. The van der Waals surface area contributed by atoms with E-state index in [2.05, 4.69) is 10.3 Å². The van der Waals surface area contributed by atoms with Gasteiger partial charge in [0.15, 0.2) is 6.10 Å². The van der Waals surface area contributed by atoms with Crippen molar-refractivity contribution in [2.24, 2.45) is 0 Å². The fourth-order valence-corrected chi connectivity index (χ4v) is 6.30. The second-order valence-electron chi connectivity index (χ2n) is 8.19. The van der Waals surface area contributed by atoms with Gasteiger partial charge in [-0.1, -0.05) is 12.1 Å². The highest BCUT2D eigenvalue weighted by atomic mass is 32.1. The van der Waals surface area contributed by atoms with E-state index >= 15 is 0 Å². The number of thiophene rings is 1. The largest absolute Gasteiger partial charge is 0.462 e. The Labute approximate surface area is 206 Å². The molecule has 2 aromatic heterocycles. The van der Waals surface area contributed by atoms with Crippen LogP contribution >= 0.6 is 22.7 Å². The molecule has 1 aliphatic rings. The van der Waals surface area contributed by atoms with E-state index in [0.29, 0.717) is 23.4 Å². The molecule has 34 heavy (non-hydrogen) atoms. The van der Waals surface area contributed by atoms with Crippen molar-refractivity contribution in [2.45, 2.75) is 64.9 Å². The third-order valence-electron chi connectivity index (χ3n) is 5.67. The summed E-state index contributed by atoms with van der Waals surface area (Å²) in [6.45, 7) is 3.56. The lowest BCUT2D eigenvalue weighted by Gasteiger charge is -2.14. The number of nitrogens with zero attached hydrogens (tertiary/aromatic N) is 1. The summed E-state index contributed by atoms with van der Waals surface area (Å²) in [4.78, 5) is 43.3. The highest BCUT2D eigenvalue weighted by Gasteiger charge is 2.28. The van der Waals surface area contributed by atoms with E-state index in [1.807, 2.05) is 24.3 Å². The molecule has 1 aliphatic carbocycles. The number of carbonyl (C=O) groups excluding carboxylic acids is 3. The van der Waals surface area contributed by atoms with Gasteiger partial charge in [0.2, 0.25) is 0 Å². The molecule has 1 N–H and O–H groups in total. The standard InChI is InChI=1S/C25H28N2O5S2/c1-3-31-25(30)22-16-9-4-6-11-18(16)34-24(22)27-23(29)15(2)32-21(28)14-8-13-20-26-17-10-5-7-12-19(17)33-20/h5,7,10,12,15H,3-4,6,8-9,11,13-14H2,1-2H3,(H,27,29)/t15-/m0/s1. The Kier molecular flexibility index (Phi) is 7.95. The van der Waals surface area contributed by atoms with Crippen LogP contribution in [0.1, 0.15) is 65.3 Å². The summed E-state index contributed by atoms with van der Waals surface area (Å²) in [5.41, 5.74) is 2.39. The predicted molar refractivity (Wildman–Crippen MR) is 134 cm³/mol. The molecule has 0 radical (unpaired) electrons. The Morgan fingerprint density at radius 3 is 2.74 bits per heavy atom. The number of anilines is 1. The second kappa shape index (κ2) is 11.1. The Hall–Kier alpha value is -2.78. The van der Waals surface area contributed by atoms with Crippen LogP contribution < -0.4 is 5.32 Å². The normalized spacial score (nSPS) is 13.8. The molecule has 0 saturated carbocycles. The average molecular weight is 501 g/mol. The minimum absolute atomic E-state index is 0.203. The lowest BCUT2D eigenvalue weighted by molar-refractivity contribution is -0.153. The zero-order valence-corrected chi connectivity index (χ0v) is 21.0. The number of hydrogen-bond acceptors (Lipinski definition) is 8. The van der Waals surface area contributed by atoms with Crippen molar-refractivity contribution in [3.05, 3.63) is 45.3 Å². The number of para-hydroxylation sites is 1. The minimum atomic E-state index is -0.968. The number of ether oxygens (including phenoxy) is 2. The Morgan fingerprint density at radius 2 is 1.94 bits per heavy atom. The van der Waals surface area contributed by atoms with Crippen molar-refractivity contribution >= 4 is 55.7 Å². The van der Waals surface area contributed by atoms with Gasteiger partial charge in [0.1, 0.15) is 5.00 Å². The Bertz CT molecular complexity index is 1170. The topological polar surface area (TPSA) is 94.6 Å². The van der Waals surface area contributed by atoms with Crippen molar-refractivity contribution < 1.29 is 23.9 Å². The molecule has 0 fully saturated rings. The van der Waals surface area contributed by atoms with Gasteiger partial charge in [-0.05, 0) is 70.1 Å². The molecule has 0 aliphatic heterocycles. The van der Waals surface area contributed by atoms with Gasteiger partial charge in [-0.15, -0.1) is 22.7 Å². The summed E-state index contributed by atoms with van der Waals surface area (Å²) in [6, 6.07) is 7.94. The first-order valence-electron chi connectivity index (χ1n) is 11.6. The highest BCUT2D eigenvalue weighted by Crippen LogP contribution is 2.38. The fourth-order valence-electron chi connectivity index (χ4n) is 4.01. The number of rotatable bonds is 9. The number of hydrogen-bond donors (Lipinski definition) is 1. The van der Waals surface area contributed by atoms with Gasteiger partial charge in [0.05, 0.1) is 27.4 Å². The molecule has 0 spiro atoms. The first kappa shape index (κ1) is 24.3. The molecule has 1 aromatic carbocycles. The molecule has 1 atom stereocenters. The van der Waals surface area contributed by atoms with Crippen LogP contribution in [0.5, 0.6) is 0 Å². The Balaban J connectivity index is 1.31. The number of thiazole rings is 1. The maximum atomic E-state index is 12.7. The van der Waals surface area contributed by atoms with Crippen LogP contribution in [0.15, 0.2) is 24.3 Å². The Morgan fingerprint density at radius 1 is 1.15 bits per heavy atom. The van der Waals surface area contributed by atoms with Crippen LogP contribution in [0.4, 0.5) is 5.00 Å². The van der Waals surface area contributed by atoms with E-state index < -0.39 is 23.9 Å². The van der Waals surface area contributed by atoms with E-state index in [1.165, 1.54) is 11.3 Å². The molecular formula is C25H28N2O5S2. The fraction of sp³-hybridized carbons (Fsp3) is 0.440. The number of aryl methyl sites for hydroxylation is 2. The smallest absolute Gasteiger partial charge is 0.341 e. The number of benzene rings is 1. The van der Waals surface area contributed by atoms with Crippen LogP contribution in [0.2, 0.25) is 0 Å². The third-order valence-corrected chi connectivity index (χ3v) is 7.98. The third kappa shape index (κ3) is 5.64. The lowest BCUT2D eigenvalue weighted by Crippen LogP contribution is -2.30. The van der Waals surface area contributed by atoms with Crippen LogP contribution in [0.25, 0.3) is 10.2 Å². The zero-order valence-electron chi connectivity index (χ0n) is 19.3. The SMILES string of the molecule is CCOC(=O)c1c(NC(=O)[C@H](C)OC(=O)CCCc2nc3ccccc3s2)sc2c1CCCC2. The minimum Gasteiger partial charge on any atom is -0.462 e. The van der Waals surface area contributed by atoms with E-state index in [-0.39, 0.29) is 13.0 Å². The summed E-state index contributed by atoms with van der Waals surface area (Å²) < 4.78 is 11.7. The molecule has 2 heterocycles. The zero-order chi connectivity index (χ0) is 24.1. The molecular weight excluding hydrogens is 472 g/mol. The molecule has 0 bridgehead atoms. The van der Waals surface area contributed by atoms with Gasteiger partial charge in [-0.3, -0.25) is 9.59 Å². The van der Waals surface area contributed by atoms with Crippen molar-refractivity contribution in [2.75, 3.05) is 11.9 Å². The molecule has 4 rings (SSSR count). The van der Waals surface area contributed by atoms with Crippen molar-refractivity contribution in [3.8, 4) is 0 Å². The number of nitrogens with one attached hydrogen (secondary N) is 1. The molecule has 0 unspecified atom stereocenters. The van der Waals surface area contributed by atoms with E-state index in [9.17, 15) is 14.4 Å². The summed E-state index contributed by atoms with van der Waals surface area (Å²) in [5.74, 6) is -1.31. The molecule has 3 aromatic rings. The highest BCUT2D eigenvalue weighted by molar-refractivity contribution is 7.18.